The SMILES string of the molecule is Cc1cc(Br)c(C(N)c2cc3c(s2)CCCCC3)s1. The van der Waals surface area contributed by atoms with Crippen LogP contribution in [0.5, 0.6) is 0 Å². The van der Waals surface area contributed by atoms with Crippen molar-refractivity contribution in [1.82, 2.24) is 0 Å². The van der Waals surface area contributed by atoms with Crippen LogP contribution in [0.15, 0.2) is 16.6 Å². The second-order valence-corrected chi connectivity index (χ2v) is 8.52. The summed E-state index contributed by atoms with van der Waals surface area (Å²) in [4.78, 5) is 5.48. The highest BCUT2D eigenvalue weighted by Gasteiger charge is 2.20. The fourth-order valence-corrected chi connectivity index (χ4v) is 5.95. The first-order valence-electron chi connectivity index (χ1n) is 6.78. The first kappa shape index (κ1) is 13.8. The lowest BCUT2D eigenvalue weighted by atomic mass is 10.1. The van der Waals surface area contributed by atoms with Crippen LogP contribution in [-0.2, 0) is 12.8 Å². The van der Waals surface area contributed by atoms with E-state index < -0.39 is 0 Å². The van der Waals surface area contributed by atoms with E-state index in [0.717, 1.165) is 4.47 Å². The van der Waals surface area contributed by atoms with Gasteiger partial charge in [0.2, 0.25) is 0 Å². The molecule has 1 unspecified atom stereocenters. The molecule has 0 bridgehead atoms. The third kappa shape index (κ3) is 2.82. The molecule has 0 amide bonds. The van der Waals surface area contributed by atoms with Crippen LogP contribution in [0, 0.1) is 6.92 Å². The minimum Gasteiger partial charge on any atom is -0.319 e. The Balaban J connectivity index is 1.92. The summed E-state index contributed by atoms with van der Waals surface area (Å²) in [6.45, 7) is 2.13. The zero-order valence-electron chi connectivity index (χ0n) is 11.0. The van der Waals surface area contributed by atoms with Gasteiger partial charge in [-0.3, -0.25) is 0 Å². The van der Waals surface area contributed by atoms with E-state index in [1.54, 1.807) is 21.8 Å². The minimum atomic E-state index is 0.0324. The molecular formula is C15H18BrNS2. The summed E-state index contributed by atoms with van der Waals surface area (Å²) in [5.74, 6) is 0. The Hall–Kier alpha value is -0.160. The van der Waals surface area contributed by atoms with Crippen molar-refractivity contribution in [3.63, 3.8) is 0 Å². The van der Waals surface area contributed by atoms with E-state index in [4.69, 9.17) is 5.73 Å². The third-order valence-electron chi connectivity index (χ3n) is 3.69. The van der Waals surface area contributed by atoms with Crippen molar-refractivity contribution in [1.29, 1.82) is 0 Å². The zero-order chi connectivity index (χ0) is 13.4. The van der Waals surface area contributed by atoms with Crippen molar-refractivity contribution in [2.24, 2.45) is 5.73 Å². The molecule has 0 spiro atoms. The first-order valence-corrected chi connectivity index (χ1v) is 9.20. The van der Waals surface area contributed by atoms with Gasteiger partial charge in [-0.1, -0.05) is 6.42 Å². The predicted molar refractivity (Wildman–Crippen MR) is 88.4 cm³/mol. The number of thiophene rings is 2. The summed E-state index contributed by atoms with van der Waals surface area (Å²) < 4.78 is 1.16. The normalized spacial score (nSPS) is 17.0. The van der Waals surface area contributed by atoms with Gasteiger partial charge >= 0.3 is 0 Å². The van der Waals surface area contributed by atoms with E-state index in [9.17, 15) is 0 Å². The number of rotatable bonds is 2. The average Bonchev–Trinajstić information content (AvgIpc) is 2.85. The van der Waals surface area contributed by atoms with Crippen molar-refractivity contribution < 1.29 is 0 Å². The topological polar surface area (TPSA) is 26.0 Å². The highest BCUT2D eigenvalue weighted by Crippen LogP contribution is 2.38. The van der Waals surface area contributed by atoms with E-state index in [2.05, 4.69) is 35.0 Å². The molecule has 102 valence electrons. The van der Waals surface area contributed by atoms with Gasteiger partial charge in [0.15, 0.2) is 0 Å². The average molecular weight is 356 g/mol. The molecule has 1 aliphatic carbocycles. The Bertz CT molecular complexity index is 561. The van der Waals surface area contributed by atoms with Gasteiger partial charge in [0.25, 0.3) is 0 Å². The monoisotopic (exact) mass is 355 g/mol. The Labute approximate surface area is 131 Å². The van der Waals surface area contributed by atoms with Crippen LogP contribution < -0.4 is 5.73 Å². The van der Waals surface area contributed by atoms with Gasteiger partial charge in [-0.2, -0.15) is 0 Å². The molecule has 2 aromatic heterocycles. The maximum Gasteiger partial charge on any atom is 0.0751 e. The van der Waals surface area contributed by atoms with Crippen molar-refractivity contribution in [3.05, 3.63) is 41.7 Å². The summed E-state index contributed by atoms with van der Waals surface area (Å²) in [5.41, 5.74) is 8.03. The number of fused-ring (bicyclic) bond motifs is 1. The highest BCUT2D eigenvalue weighted by atomic mass is 79.9. The summed E-state index contributed by atoms with van der Waals surface area (Å²) in [6, 6.07) is 4.56. The van der Waals surface area contributed by atoms with Gasteiger partial charge in [-0.25, -0.2) is 0 Å². The Morgan fingerprint density at radius 2 is 1.95 bits per heavy atom. The van der Waals surface area contributed by atoms with E-state index in [0.29, 0.717) is 0 Å². The van der Waals surface area contributed by atoms with Gasteiger partial charge < -0.3 is 5.73 Å². The van der Waals surface area contributed by atoms with E-state index in [1.807, 2.05) is 11.3 Å². The molecule has 2 N–H and O–H groups in total. The van der Waals surface area contributed by atoms with Crippen LogP contribution in [0.25, 0.3) is 0 Å². The second-order valence-electron chi connectivity index (χ2n) is 5.20. The Morgan fingerprint density at radius 1 is 1.16 bits per heavy atom. The molecule has 4 heteroatoms. The first-order chi connectivity index (χ1) is 9.15. The smallest absolute Gasteiger partial charge is 0.0751 e. The molecule has 0 saturated carbocycles. The zero-order valence-corrected chi connectivity index (χ0v) is 14.3. The van der Waals surface area contributed by atoms with Crippen molar-refractivity contribution in [2.45, 2.75) is 45.1 Å². The molecule has 1 nitrogen and oxygen atoms in total. The molecule has 0 aliphatic heterocycles. The van der Waals surface area contributed by atoms with Crippen LogP contribution in [-0.4, -0.2) is 0 Å². The standard InChI is InChI=1S/C15H18BrNS2/c1-9-7-11(16)15(18-9)14(17)13-8-10-5-3-2-4-6-12(10)19-13/h7-8,14H,2-6,17H2,1H3. The Kier molecular flexibility index (Phi) is 4.13. The van der Waals surface area contributed by atoms with E-state index in [1.165, 1.54) is 46.7 Å². The lowest BCUT2D eigenvalue weighted by molar-refractivity contribution is 0.712. The van der Waals surface area contributed by atoms with Gasteiger partial charge in [-0.05, 0) is 66.2 Å². The van der Waals surface area contributed by atoms with Gasteiger partial charge in [-0.15, -0.1) is 22.7 Å². The van der Waals surface area contributed by atoms with Crippen molar-refractivity contribution in [3.8, 4) is 0 Å². The van der Waals surface area contributed by atoms with E-state index >= 15 is 0 Å². The lowest BCUT2D eigenvalue weighted by Gasteiger charge is -2.08. The van der Waals surface area contributed by atoms with E-state index in [-0.39, 0.29) is 6.04 Å². The maximum absolute atomic E-state index is 6.47. The Morgan fingerprint density at radius 3 is 2.68 bits per heavy atom. The van der Waals surface area contributed by atoms with Crippen LogP contribution in [0.1, 0.15) is 50.4 Å². The summed E-state index contributed by atoms with van der Waals surface area (Å²) in [6.07, 6.45) is 6.53. The molecule has 3 rings (SSSR count). The molecule has 2 aromatic rings. The van der Waals surface area contributed by atoms with Gasteiger partial charge in [0.05, 0.1) is 6.04 Å². The maximum atomic E-state index is 6.47. The summed E-state index contributed by atoms with van der Waals surface area (Å²) in [5, 5.41) is 0. The quantitative estimate of drug-likeness (QED) is 0.736. The number of hydrogen-bond acceptors (Lipinski definition) is 3. The molecule has 2 heterocycles. The molecular weight excluding hydrogens is 338 g/mol. The number of nitrogens with two attached hydrogens (primary N) is 1. The molecule has 0 aromatic carbocycles. The minimum absolute atomic E-state index is 0.0324. The fraction of sp³-hybridized carbons (Fsp3) is 0.467. The summed E-state index contributed by atoms with van der Waals surface area (Å²) >= 11 is 7.37. The molecule has 0 fully saturated rings. The number of hydrogen-bond donors (Lipinski definition) is 1. The van der Waals surface area contributed by atoms with Gasteiger partial charge in [0, 0.05) is 24.0 Å². The third-order valence-corrected chi connectivity index (χ3v) is 7.06. The summed E-state index contributed by atoms with van der Waals surface area (Å²) in [7, 11) is 0. The fourth-order valence-electron chi connectivity index (χ4n) is 2.69. The highest BCUT2D eigenvalue weighted by molar-refractivity contribution is 9.10. The molecule has 0 saturated heterocycles. The molecule has 19 heavy (non-hydrogen) atoms. The largest absolute Gasteiger partial charge is 0.319 e. The van der Waals surface area contributed by atoms with Crippen LogP contribution >= 0.6 is 38.6 Å². The lowest BCUT2D eigenvalue weighted by Crippen LogP contribution is -2.08. The van der Waals surface area contributed by atoms with Crippen molar-refractivity contribution >= 4 is 38.6 Å². The molecule has 0 radical (unpaired) electrons. The number of aryl methyl sites for hydroxylation is 3. The predicted octanol–water partition coefficient (Wildman–Crippen LogP) is 5.20. The molecule has 1 aliphatic rings. The van der Waals surface area contributed by atoms with Crippen LogP contribution in [0.4, 0.5) is 0 Å². The second kappa shape index (κ2) is 5.68. The van der Waals surface area contributed by atoms with Crippen molar-refractivity contribution in [2.75, 3.05) is 0 Å². The van der Waals surface area contributed by atoms with Crippen LogP contribution in [0.2, 0.25) is 0 Å². The number of halogens is 1. The molecule has 1 atom stereocenters. The van der Waals surface area contributed by atoms with Gasteiger partial charge in [0.1, 0.15) is 0 Å². The van der Waals surface area contributed by atoms with Crippen LogP contribution in [0.3, 0.4) is 0 Å².